The molecule has 0 aromatic rings. The van der Waals surface area contributed by atoms with Crippen molar-refractivity contribution in [3.63, 3.8) is 0 Å². The molecule has 0 bridgehead atoms. The first-order valence-electron chi connectivity index (χ1n) is 34.4. The summed E-state index contributed by atoms with van der Waals surface area (Å²) in [6.45, 7) is 4.95. The van der Waals surface area contributed by atoms with Crippen LogP contribution in [0.5, 0.6) is 0 Å². The fraction of sp³-hybridized carbons (Fsp3) is 0.971. The Morgan fingerprint density at radius 1 is 0.243 bits per heavy atom. The molecule has 0 spiro atoms. The Kier molecular flexibility index (Phi) is 61.2. The van der Waals surface area contributed by atoms with Gasteiger partial charge in [0, 0.05) is 0 Å². The Bertz CT molecular complexity index is 1020. The number of rotatable bonds is 65. The molecule has 0 rings (SSSR count). The summed E-state index contributed by atoms with van der Waals surface area (Å²) >= 11 is 0. The Labute approximate surface area is 464 Å². The van der Waals surface area contributed by atoms with E-state index >= 15 is 0 Å². The van der Waals surface area contributed by atoms with Gasteiger partial charge in [0.25, 0.3) is 0 Å². The van der Waals surface area contributed by atoms with Gasteiger partial charge in [-0.05, 0) is 51.4 Å². The Balaban J connectivity index is 3.96. The highest BCUT2D eigenvalue weighted by Crippen LogP contribution is 2.33. The first-order valence-corrected chi connectivity index (χ1v) is 34.4. The quantitative estimate of drug-likeness (QED) is 0.0592. The maximum Gasteiger partial charge on any atom is 0.405 e. The summed E-state index contributed by atoms with van der Waals surface area (Å²) in [7, 11) is 0. The third-order valence-electron chi connectivity index (χ3n) is 16.8. The van der Waals surface area contributed by atoms with Crippen molar-refractivity contribution in [2.24, 2.45) is 11.5 Å². The Morgan fingerprint density at radius 2 is 0.405 bits per heavy atom. The first kappa shape index (κ1) is 72.5. The van der Waals surface area contributed by atoms with Crippen LogP contribution in [0.2, 0.25) is 0 Å². The second-order valence-corrected chi connectivity index (χ2v) is 24.2. The summed E-state index contributed by atoms with van der Waals surface area (Å²) in [6.07, 6.45) is 82.4. The molecule has 442 valence electrons. The van der Waals surface area contributed by atoms with Gasteiger partial charge in [-0.2, -0.15) is 0 Å². The lowest BCUT2D eigenvalue weighted by Gasteiger charge is -2.33. The molecule has 74 heavy (non-hydrogen) atoms. The molecule has 0 aliphatic carbocycles. The van der Waals surface area contributed by atoms with E-state index in [1.165, 1.54) is 347 Å². The van der Waals surface area contributed by atoms with E-state index in [0.29, 0.717) is 6.61 Å². The zero-order chi connectivity index (χ0) is 53.6. The molecule has 0 saturated heterocycles. The van der Waals surface area contributed by atoms with Crippen molar-refractivity contribution in [3.8, 4) is 0 Å². The third kappa shape index (κ3) is 59.8. The molecule has 0 unspecified atom stereocenters. The predicted molar refractivity (Wildman–Crippen MR) is 327 cm³/mol. The van der Waals surface area contributed by atoms with Crippen LogP contribution in [0.1, 0.15) is 412 Å². The maximum atomic E-state index is 12.3. The van der Waals surface area contributed by atoms with Crippen molar-refractivity contribution in [1.82, 2.24) is 0 Å². The van der Waals surface area contributed by atoms with E-state index < -0.39 is 17.8 Å². The van der Waals surface area contributed by atoms with E-state index in [9.17, 15) is 9.59 Å². The molecule has 0 aliphatic heterocycles. The number of ether oxygens (including phenoxy) is 2. The maximum absolute atomic E-state index is 12.3. The van der Waals surface area contributed by atoms with Crippen molar-refractivity contribution in [1.29, 1.82) is 0 Å². The molecule has 2 amide bonds. The molecule has 0 aliphatic rings. The van der Waals surface area contributed by atoms with Crippen LogP contribution in [-0.2, 0) is 9.47 Å². The number of unbranched alkanes of at least 4 members (excludes halogenated alkanes) is 56. The van der Waals surface area contributed by atoms with Gasteiger partial charge >= 0.3 is 12.2 Å². The van der Waals surface area contributed by atoms with Crippen LogP contribution in [0.25, 0.3) is 0 Å². The van der Waals surface area contributed by atoms with Crippen LogP contribution in [0.15, 0.2) is 0 Å². The van der Waals surface area contributed by atoms with Gasteiger partial charge in [-0.1, -0.05) is 361 Å². The molecule has 0 heterocycles. The second-order valence-electron chi connectivity index (χ2n) is 24.2. The number of carbonyl (C=O) groups is 2. The molecule has 0 radical (unpaired) electrons. The van der Waals surface area contributed by atoms with Crippen LogP contribution >= 0.6 is 0 Å². The van der Waals surface area contributed by atoms with Gasteiger partial charge in [-0.3, -0.25) is 0 Å². The van der Waals surface area contributed by atoms with Gasteiger partial charge in [0.2, 0.25) is 0 Å². The van der Waals surface area contributed by atoms with Crippen LogP contribution < -0.4 is 11.5 Å². The minimum Gasteiger partial charge on any atom is -0.450 e. The molecular formula is C68H136N2O4. The predicted octanol–water partition coefficient (Wildman–Crippen LogP) is 24.1. The second kappa shape index (κ2) is 62.4. The molecule has 4 N–H and O–H groups in total. The van der Waals surface area contributed by atoms with Crippen LogP contribution in [0.4, 0.5) is 9.59 Å². The van der Waals surface area contributed by atoms with E-state index in [1.54, 1.807) is 0 Å². The molecule has 0 aromatic carbocycles. The Morgan fingerprint density at radius 3 is 0.568 bits per heavy atom. The topological polar surface area (TPSA) is 105 Å². The van der Waals surface area contributed by atoms with Gasteiger partial charge in [0.05, 0.1) is 6.61 Å². The standard InChI is InChI=1S/C68H136N2O4/c1-3-5-7-9-11-13-15-17-19-21-23-25-27-29-31-33-35-37-39-41-43-45-47-49-51-53-55-58-62-68(74-67(70)72,64-60-57-61-65-73-66(69)71)63-59-56-54-52-50-48-46-44-42-40-38-36-34-32-30-28-26-24-22-20-18-16-14-12-10-8-6-4-2/h3-65H2,1-2H3,(H2,69,71)(H2,70,72). The van der Waals surface area contributed by atoms with Crippen molar-refractivity contribution >= 4 is 12.2 Å². The summed E-state index contributed by atoms with van der Waals surface area (Å²) in [5.41, 5.74) is 10.4. The van der Waals surface area contributed by atoms with Gasteiger partial charge in [0.15, 0.2) is 0 Å². The molecule has 0 fully saturated rings. The summed E-state index contributed by atoms with van der Waals surface area (Å²) < 4.78 is 11.0. The SMILES string of the molecule is CCCCCCCCCCCCCCCCCCCCCCCCCCCCCCC(CCCCCCCCCCCCCCCCCCCCCCCCCCCCCC)(CCCCCOC(N)=O)OC(N)=O. The Hall–Kier alpha value is -1.46. The fourth-order valence-corrected chi connectivity index (χ4v) is 11.9. The van der Waals surface area contributed by atoms with Crippen LogP contribution in [0.3, 0.4) is 0 Å². The summed E-state index contributed by atoms with van der Waals surface area (Å²) in [5, 5.41) is 0. The molecule has 6 nitrogen and oxygen atoms in total. The average molecular weight is 1050 g/mol. The highest BCUT2D eigenvalue weighted by molar-refractivity contribution is 5.65. The minimum absolute atomic E-state index is 0.345. The number of amides is 2. The van der Waals surface area contributed by atoms with Crippen molar-refractivity contribution in [3.05, 3.63) is 0 Å². The van der Waals surface area contributed by atoms with Crippen LogP contribution in [-0.4, -0.2) is 24.4 Å². The van der Waals surface area contributed by atoms with E-state index in [1.807, 2.05) is 0 Å². The number of primary amides is 2. The lowest BCUT2D eigenvalue weighted by atomic mass is 9.84. The molecule has 6 heteroatoms. The smallest absolute Gasteiger partial charge is 0.405 e. The first-order chi connectivity index (χ1) is 36.5. The highest BCUT2D eigenvalue weighted by atomic mass is 16.6. The van der Waals surface area contributed by atoms with Gasteiger partial charge in [-0.25, -0.2) is 9.59 Å². The van der Waals surface area contributed by atoms with E-state index in [2.05, 4.69) is 13.8 Å². The third-order valence-corrected chi connectivity index (χ3v) is 16.8. The van der Waals surface area contributed by atoms with Crippen molar-refractivity contribution in [2.75, 3.05) is 6.61 Å². The highest BCUT2D eigenvalue weighted by Gasteiger charge is 2.32. The fourth-order valence-electron chi connectivity index (χ4n) is 11.9. The molecular weight excluding hydrogens is 909 g/mol. The summed E-state index contributed by atoms with van der Waals surface area (Å²) in [4.78, 5) is 23.3. The van der Waals surface area contributed by atoms with E-state index in [-0.39, 0.29) is 0 Å². The number of nitrogens with two attached hydrogens (primary N) is 2. The van der Waals surface area contributed by atoms with Gasteiger partial charge in [0.1, 0.15) is 5.60 Å². The largest absolute Gasteiger partial charge is 0.450 e. The average Bonchev–Trinajstić information content (AvgIpc) is 3.38. The number of carbonyl (C=O) groups excluding carboxylic acids is 2. The van der Waals surface area contributed by atoms with E-state index in [4.69, 9.17) is 20.9 Å². The van der Waals surface area contributed by atoms with Crippen LogP contribution in [0, 0.1) is 0 Å². The lowest BCUT2D eigenvalue weighted by Crippen LogP contribution is -2.37. The normalized spacial score (nSPS) is 11.8. The monoisotopic (exact) mass is 1050 g/mol. The molecule has 0 aromatic heterocycles. The van der Waals surface area contributed by atoms with Crippen molar-refractivity contribution < 1.29 is 19.1 Å². The van der Waals surface area contributed by atoms with Gasteiger partial charge < -0.3 is 20.9 Å². The minimum atomic E-state index is -0.714. The van der Waals surface area contributed by atoms with Crippen molar-refractivity contribution in [2.45, 2.75) is 418 Å². The lowest BCUT2D eigenvalue weighted by molar-refractivity contribution is -0.00989. The summed E-state index contributed by atoms with van der Waals surface area (Å²) in [6, 6.07) is 0. The zero-order valence-electron chi connectivity index (χ0n) is 50.8. The molecule has 0 atom stereocenters. The number of hydrogen-bond donors (Lipinski definition) is 2. The summed E-state index contributed by atoms with van der Waals surface area (Å²) in [5.74, 6) is 0. The van der Waals surface area contributed by atoms with Gasteiger partial charge in [-0.15, -0.1) is 0 Å². The zero-order valence-corrected chi connectivity index (χ0v) is 50.8. The molecule has 0 saturated carbocycles. The number of hydrogen-bond acceptors (Lipinski definition) is 4. The van der Waals surface area contributed by atoms with E-state index in [0.717, 1.165) is 51.4 Å².